The summed E-state index contributed by atoms with van der Waals surface area (Å²) in [5, 5.41) is 0. The predicted molar refractivity (Wildman–Crippen MR) is 89.7 cm³/mol. The summed E-state index contributed by atoms with van der Waals surface area (Å²) in [5.41, 5.74) is 5.52. The highest BCUT2D eigenvalue weighted by atomic mass is 35.5. The van der Waals surface area contributed by atoms with E-state index < -0.39 is 0 Å². The number of nitrogens with zero attached hydrogens (tertiary/aromatic N) is 3. The predicted octanol–water partition coefficient (Wildman–Crippen LogP) is 4.14. The van der Waals surface area contributed by atoms with Gasteiger partial charge in [0.25, 0.3) is 0 Å². The highest BCUT2D eigenvalue weighted by Crippen LogP contribution is 2.25. The van der Waals surface area contributed by atoms with Crippen molar-refractivity contribution >= 4 is 28.3 Å². The van der Waals surface area contributed by atoms with Gasteiger partial charge in [0.2, 0.25) is 0 Å². The smallest absolute Gasteiger partial charge is 0.129 e. The maximum absolute atomic E-state index is 6.10. The summed E-state index contributed by atoms with van der Waals surface area (Å²) in [4.78, 5) is 6.75. The first-order chi connectivity index (χ1) is 10.1. The fourth-order valence-corrected chi connectivity index (χ4v) is 2.71. The van der Waals surface area contributed by atoms with Gasteiger partial charge in [-0.25, -0.2) is 4.98 Å². The molecule has 2 aromatic carbocycles. The number of rotatable bonds is 3. The van der Waals surface area contributed by atoms with Crippen LogP contribution in [0.15, 0.2) is 42.5 Å². The maximum Gasteiger partial charge on any atom is 0.129 e. The van der Waals surface area contributed by atoms with Crippen LogP contribution in [-0.4, -0.2) is 23.6 Å². The van der Waals surface area contributed by atoms with Crippen molar-refractivity contribution in [3.63, 3.8) is 0 Å². The molecule has 0 bridgehead atoms. The largest absolute Gasteiger partial charge is 0.378 e. The fraction of sp³-hybridized carbons (Fsp3) is 0.235. The summed E-state index contributed by atoms with van der Waals surface area (Å²) in [6.45, 7) is 2.07. The number of anilines is 1. The zero-order valence-electron chi connectivity index (χ0n) is 12.5. The van der Waals surface area contributed by atoms with Crippen molar-refractivity contribution in [2.45, 2.75) is 12.8 Å². The number of hydrogen-bond donors (Lipinski definition) is 0. The van der Waals surface area contributed by atoms with E-state index in [2.05, 4.69) is 63.8 Å². The van der Waals surface area contributed by atoms with Crippen molar-refractivity contribution in [3.05, 3.63) is 53.9 Å². The van der Waals surface area contributed by atoms with E-state index in [4.69, 9.17) is 11.6 Å². The zero-order chi connectivity index (χ0) is 15.0. The van der Waals surface area contributed by atoms with Gasteiger partial charge >= 0.3 is 0 Å². The lowest BCUT2D eigenvalue weighted by molar-refractivity contribution is 0.979. The summed E-state index contributed by atoms with van der Waals surface area (Å²) < 4.78 is 2.13. The van der Waals surface area contributed by atoms with Crippen LogP contribution in [0, 0.1) is 6.92 Å². The van der Waals surface area contributed by atoms with Gasteiger partial charge in [-0.2, -0.15) is 0 Å². The molecule has 3 rings (SSSR count). The molecule has 0 aliphatic carbocycles. The molecule has 0 saturated carbocycles. The average Bonchev–Trinajstić information content (AvgIpc) is 2.84. The molecule has 0 unspecified atom stereocenters. The number of fused-ring (bicyclic) bond motifs is 1. The van der Waals surface area contributed by atoms with Crippen LogP contribution in [0.3, 0.4) is 0 Å². The standard InChI is InChI=1S/C17H18ClN3/c1-12-7-8-16-15(9-12)19-17(11-18)21(16)14-6-4-5-13(10-14)20(2)3/h4-10H,11H2,1-3H3. The van der Waals surface area contributed by atoms with Crippen molar-refractivity contribution in [1.82, 2.24) is 9.55 Å². The minimum absolute atomic E-state index is 0.389. The Morgan fingerprint density at radius 1 is 1.14 bits per heavy atom. The van der Waals surface area contributed by atoms with E-state index in [0.717, 1.165) is 28.2 Å². The Bertz CT molecular complexity index is 790. The van der Waals surface area contributed by atoms with Gasteiger partial charge in [-0.15, -0.1) is 11.6 Å². The minimum Gasteiger partial charge on any atom is -0.378 e. The van der Waals surface area contributed by atoms with Crippen LogP contribution in [0.2, 0.25) is 0 Å². The molecule has 0 N–H and O–H groups in total. The van der Waals surface area contributed by atoms with Crippen LogP contribution >= 0.6 is 11.6 Å². The third kappa shape index (κ3) is 2.49. The number of benzene rings is 2. The van der Waals surface area contributed by atoms with Crippen molar-refractivity contribution in [1.29, 1.82) is 0 Å². The second-order valence-corrected chi connectivity index (χ2v) is 5.67. The van der Waals surface area contributed by atoms with Crippen molar-refractivity contribution < 1.29 is 0 Å². The molecule has 108 valence electrons. The highest BCUT2D eigenvalue weighted by Gasteiger charge is 2.12. The molecular formula is C17H18ClN3. The van der Waals surface area contributed by atoms with Crippen LogP contribution < -0.4 is 4.90 Å². The van der Waals surface area contributed by atoms with Crippen LogP contribution in [0.25, 0.3) is 16.7 Å². The Labute approximate surface area is 129 Å². The Balaban J connectivity index is 2.25. The molecule has 0 aliphatic rings. The molecule has 21 heavy (non-hydrogen) atoms. The third-order valence-corrected chi connectivity index (χ3v) is 3.84. The molecule has 1 heterocycles. The molecule has 0 radical (unpaired) electrons. The fourth-order valence-electron chi connectivity index (χ4n) is 2.53. The van der Waals surface area contributed by atoms with E-state index in [1.165, 1.54) is 5.56 Å². The maximum atomic E-state index is 6.10. The van der Waals surface area contributed by atoms with Crippen molar-refractivity contribution in [2.24, 2.45) is 0 Å². The van der Waals surface area contributed by atoms with Crippen LogP contribution in [0.1, 0.15) is 11.4 Å². The zero-order valence-corrected chi connectivity index (χ0v) is 13.2. The SMILES string of the molecule is Cc1ccc2c(c1)nc(CCl)n2-c1cccc(N(C)C)c1. The lowest BCUT2D eigenvalue weighted by Gasteiger charge is -2.15. The molecule has 0 fully saturated rings. The average molecular weight is 300 g/mol. The Morgan fingerprint density at radius 3 is 2.67 bits per heavy atom. The second-order valence-electron chi connectivity index (χ2n) is 5.40. The van der Waals surface area contributed by atoms with Gasteiger partial charge in [0.15, 0.2) is 0 Å². The van der Waals surface area contributed by atoms with Gasteiger partial charge in [-0.05, 0) is 42.8 Å². The molecule has 0 aliphatic heterocycles. The molecule has 3 aromatic rings. The lowest BCUT2D eigenvalue weighted by atomic mass is 10.2. The number of aryl methyl sites for hydroxylation is 1. The molecular weight excluding hydrogens is 282 g/mol. The second kappa shape index (κ2) is 5.41. The number of hydrogen-bond acceptors (Lipinski definition) is 2. The molecule has 1 aromatic heterocycles. The van der Waals surface area contributed by atoms with E-state index in [0.29, 0.717) is 5.88 Å². The van der Waals surface area contributed by atoms with Crippen molar-refractivity contribution in [3.8, 4) is 5.69 Å². The van der Waals surface area contributed by atoms with Crippen LogP contribution in [0.5, 0.6) is 0 Å². The number of imidazole rings is 1. The normalized spacial score (nSPS) is 11.0. The number of halogens is 1. The first-order valence-electron chi connectivity index (χ1n) is 6.92. The van der Waals surface area contributed by atoms with E-state index in [-0.39, 0.29) is 0 Å². The monoisotopic (exact) mass is 299 g/mol. The minimum atomic E-state index is 0.389. The quantitative estimate of drug-likeness (QED) is 0.678. The first kappa shape index (κ1) is 14.0. The molecule has 0 amide bonds. The van der Waals surface area contributed by atoms with Gasteiger partial charge in [0.1, 0.15) is 5.82 Å². The summed E-state index contributed by atoms with van der Waals surface area (Å²) in [5.74, 6) is 1.26. The Kier molecular flexibility index (Phi) is 3.60. The van der Waals surface area contributed by atoms with Gasteiger partial charge in [0.05, 0.1) is 16.9 Å². The van der Waals surface area contributed by atoms with Gasteiger partial charge in [-0.3, -0.25) is 4.57 Å². The molecule has 4 heteroatoms. The van der Waals surface area contributed by atoms with Crippen LogP contribution in [0.4, 0.5) is 5.69 Å². The third-order valence-electron chi connectivity index (χ3n) is 3.60. The topological polar surface area (TPSA) is 21.1 Å². The van der Waals surface area contributed by atoms with E-state index >= 15 is 0 Å². The molecule has 0 saturated heterocycles. The summed E-state index contributed by atoms with van der Waals surface area (Å²) in [6.07, 6.45) is 0. The Hall–Kier alpha value is -2.00. The van der Waals surface area contributed by atoms with Gasteiger partial charge in [-0.1, -0.05) is 12.1 Å². The van der Waals surface area contributed by atoms with E-state index in [1.54, 1.807) is 0 Å². The molecule has 0 spiro atoms. The summed E-state index contributed by atoms with van der Waals surface area (Å²) in [6, 6.07) is 14.7. The van der Waals surface area contributed by atoms with Gasteiger partial charge in [0, 0.05) is 25.5 Å². The summed E-state index contributed by atoms with van der Waals surface area (Å²) in [7, 11) is 4.08. The molecule has 0 atom stereocenters. The Morgan fingerprint density at radius 2 is 1.95 bits per heavy atom. The molecule has 3 nitrogen and oxygen atoms in total. The highest BCUT2D eigenvalue weighted by molar-refractivity contribution is 6.17. The van der Waals surface area contributed by atoms with Crippen molar-refractivity contribution in [2.75, 3.05) is 19.0 Å². The van der Waals surface area contributed by atoms with E-state index in [1.807, 2.05) is 14.1 Å². The number of alkyl halides is 1. The number of aromatic nitrogens is 2. The first-order valence-corrected chi connectivity index (χ1v) is 7.45. The summed E-state index contributed by atoms with van der Waals surface area (Å²) >= 11 is 6.10. The van der Waals surface area contributed by atoms with E-state index in [9.17, 15) is 0 Å². The van der Waals surface area contributed by atoms with Crippen LogP contribution in [-0.2, 0) is 5.88 Å². The lowest BCUT2D eigenvalue weighted by Crippen LogP contribution is -2.09. The van der Waals surface area contributed by atoms with Gasteiger partial charge < -0.3 is 4.90 Å².